The molecule has 0 aromatic heterocycles. The van der Waals surface area contributed by atoms with Crippen LogP contribution in [0.4, 0.5) is 13.2 Å². The number of halogens is 3. The molecule has 0 radical (unpaired) electrons. The Balaban J connectivity index is 1.98. The van der Waals surface area contributed by atoms with Gasteiger partial charge in [-0.25, -0.2) is 0 Å². The average Bonchev–Trinajstić information content (AvgIpc) is 2.14. The minimum absolute atomic E-state index is 0.245. The molecule has 1 aliphatic rings. The van der Waals surface area contributed by atoms with Crippen LogP contribution in [0.1, 0.15) is 30.4 Å². The normalized spacial score (nSPS) is 17.2. The van der Waals surface area contributed by atoms with Gasteiger partial charge in [-0.15, -0.1) is 0 Å². The highest BCUT2D eigenvalue weighted by molar-refractivity contribution is 5.25. The van der Waals surface area contributed by atoms with Crippen LogP contribution in [0.3, 0.4) is 0 Å². The molecule has 1 aromatic carbocycles. The summed E-state index contributed by atoms with van der Waals surface area (Å²) in [5.41, 5.74) is -0.0241. The molecular formula is C12H13F3O. The van der Waals surface area contributed by atoms with Crippen molar-refractivity contribution in [3.05, 3.63) is 35.4 Å². The number of rotatable bonds is 3. The zero-order chi connectivity index (χ0) is 11.6. The molecule has 1 nitrogen and oxygen atoms in total. The van der Waals surface area contributed by atoms with Crippen molar-refractivity contribution in [2.45, 2.75) is 38.1 Å². The molecule has 1 aromatic rings. The largest absolute Gasteiger partial charge is 0.416 e. The van der Waals surface area contributed by atoms with Crippen molar-refractivity contribution in [2.24, 2.45) is 0 Å². The molecule has 1 saturated carbocycles. The van der Waals surface area contributed by atoms with Gasteiger partial charge >= 0.3 is 6.18 Å². The molecule has 2 rings (SSSR count). The SMILES string of the molecule is FC(F)(F)c1cccc(COC2CCC2)c1. The van der Waals surface area contributed by atoms with Crippen LogP contribution < -0.4 is 0 Å². The fourth-order valence-electron chi connectivity index (χ4n) is 1.59. The summed E-state index contributed by atoms with van der Waals surface area (Å²) in [4.78, 5) is 0. The Morgan fingerprint density at radius 1 is 1.25 bits per heavy atom. The van der Waals surface area contributed by atoms with E-state index < -0.39 is 11.7 Å². The summed E-state index contributed by atoms with van der Waals surface area (Å²) < 4.78 is 42.7. The van der Waals surface area contributed by atoms with Gasteiger partial charge in [0.2, 0.25) is 0 Å². The van der Waals surface area contributed by atoms with Crippen molar-refractivity contribution < 1.29 is 17.9 Å². The van der Waals surface area contributed by atoms with Gasteiger partial charge in [0.05, 0.1) is 18.3 Å². The molecule has 16 heavy (non-hydrogen) atoms. The van der Waals surface area contributed by atoms with E-state index in [1.54, 1.807) is 6.07 Å². The Labute approximate surface area is 92.2 Å². The number of benzene rings is 1. The molecule has 0 heterocycles. The number of ether oxygens (including phenoxy) is 1. The molecule has 0 aliphatic heterocycles. The van der Waals surface area contributed by atoms with E-state index in [0.717, 1.165) is 31.4 Å². The van der Waals surface area contributed by atoms with Gasteiger partial charge in [0.25, 0.3) is 0 Å². The molecule has 0 atom stereocenters. The summed E-state index contributed by atoms with van der Waals surface area (Å²) in [6, 6.07) is 5.31. The van der Waals surface area contributed by atoms with Crippen LogP contribution in [-0.4, -0.2) is 6.10 Å². The van der Waals surface area contributed by atoms with Crippen LogP contribution in [0.25, 0.3) is 0 Å². The first-order chi connectivity index (χ1) is 7.55. The maximum absolute atomic E-state index is 12.4. The van der Waals surface area contributed by atoms with Gasteiger partial charge in [-0.3, -0.25) is 0 Å². The van der Waals surface area contributed by atoms with E-state index in [0.29, 0.717) is 5.56 Å². The predicted molar refractivity (Wildman–Crippen MR) is 53.9 cm³/mol. The average molecular weight is 230 g/mol. The Morgan fingerprint density at radius 2 is 2.00 bits per heavy atom. The Kier molecular flexibility index (Phi) is 3.19. The minimum atomic E-state index is -4.27. The van der Waals surface area contributed by atoms with Crippen LogP contribution in [-0.2, 0) is 17.5 Å². The fraction of sp³-hybridized carbons (Fsp3) is 0.500. The van der Waals surface area contributed by atoms with Crippen molar-refractivity contribution in [3.8, 4) is 0 Å². The van der Waals surface area contributed by atoms with Gasteiger partial charge in [0.1, 0.15) is 0 Å². The molecule has 0 bridgehead atoms. The molecule has 0 N–H and O–H groups in total. The van der Waals surface area contributed by atoms with E-state index in [-0.39, 0.29) is 12.7 Å². The third-order valence-electron chi connectivity index (χ3n) is 2.79. The van der Waals surface area contributed by atoms with E-state index in [1.165, 1.54) is 6.07 Å². The van der Waals surface area contributed by atoms with Crippen LogP contribution in [0.5, 0.6) is 0 Å². The Hall–Kier alpha value is -1.03. The molecule has 0 saturated heterocycles. The third-order valence-corrected chi connectivity index (χ3v) is 2.79. The second-order valence-corrected chi connectivity index (χ2v) is 4.06. The quantitative estimate of drug-likeness (QED) is 0.767. The molecule has 0 amide bonds. The van der Waals surface area contributed by atoms with Crippen LogP contribution in [0, 0.1) is 0 Å². The van der Waals surface area contributed by atoms with E-state index >= 15 is 0 Å². The van der Waals surface area contributed by atoms with Gasteiger partial charge in [0.15, 0.2) is 0 Å². The molecule has 1 aliphatic carbocycles. The highest BCUT2D eigenvalue weighted by Gasteiger charge is 2.30. The van der Waals surface area contributed by atoms with Crippen LogP contribution in [0.15, 0.2) is 24.3 Å². The van der Waals surface area contributed by atoms with Crippen molar-refractivity contribution in [1.82, 2.24) is 0 Å². The molecule has 4 heteroatoms. The highest BCUT2D eigenvalue weighted by atomic mass is 19.4. The van der Waals surface area contributed by atoms with Crippen molar-refractivity contribution >= 4 is 0 Å². The minimum Gasteiger partial charge on any atom is -0.374 e. The van der Waals surface area contributed by atoms with E-state index in [9.17, 15) is 13.2 Å². The lowest BCUT2D eigenvalue weighted by atomic mass is 9.96. The fourth-order valence-corrected chi connectivity index (χ4v) is 1.59. The Bertz CT molecular complexity index is 356. The smallest absolute Gasteiger partial charge is 0.374 e. The predicted octanol–water partition coefficient (Wildman–Crippen LogP) is 3.77. The lowest BCUT2D eigenvalue weighted by molar-refractivity contribution is -0.137. The number of hydrogen-bond donors (Lipinski definition) is 0. The molecular weight excluding hydrogens is 217 g/mol. The first-order valence-corrected chi connectivity index (χ1v) is 5.33. The highest BCUT2D eigenvalue weighted by Crippen LogP contribution is 2.30. The van der Waals surface area contributed by atoms with Crippen LogP contribution in [0.2, 0.25) is 0 Å². The van der Waals surface area contributed by atoms with E-state index in [4.69, 9.17) is 4.74 Å². The summed E-state index contributed by atoms with van der Waals surface area (Å²) in [6.45, 7) is 0.272. The summed E-state index contributed by atoms with van der Waals surface area (Å²) in [5.74, 6) is 0. The molecule has 88 valence electrons. The molecule has 0 spiro atoms. The number of hydrogen-bond acceptors (Lipinski definition) is 1. The summed E-state index contributed by atoms with van der Waals surface area (Å²) >= 11 is 0. The Morgan fingerprint density at radius 3 is 2.56 bits per heavy atom. The second kappa shape index (κ2) is 4.45. The van der Waals surface area contributed by atoms with Crippen molar-refractivity contribution in [3.63, 3.8) is 0 Å². The number of alkyl halides is 3. The van der Waals surface area contributed by atoms with E-state index in [2.05, 4.69) is 0 Å². The summed E-state index contributed by atoms with van der Waals surface area (Å²) in [7, 11) is 0. The standard InChI is InChI=1S/C12H13F3O/c13-12(14,15)10-4-1-3-9(7-10)8-16-11-5-2-6-11/h1,3-4,7,11H,2,5-6,8H2. The zero-order valence-corrected chi connectivity index (χ0v) is 8.76. The van der Waals surface area contributed by atoms with Crippen molar-refractivity contribution in [2.75, 3.05) is 0 Å². The van der Waals surface area contributed by atoms with Gasteiger partial charge < -0.3 is 4.74 Å². The lowest BCUT2D eigenvalue weighted by Crippen LogP contribution is -2.21. The first kappa shape index (κ1) is 11.5. The van der Waals surface area contributed by atoms with Crippen LogP contribution >= 0.6 is 0 Å². The van der Waals surface area contributed by atoms with Gasteiger partial charge in [-0.05, 0) is 37.0 Å². The van der Waals surface area contributed by atoms with Crippen molar-refractivity contribution in [1.29, 1.82) is 0 Å². The van der Waals surface area contributed by atoms with Gasteiger partial charge in [0, 0.05) is 0 Å². The topological polar surface area (TPSA) is 9.23 Å². The summed E-state index contributed by atoms with van der Waals surface area (Å²) in [6.07, 6.45) is -0.813. The summed E-state index contributed by atoms with van der Waals surface area (Å²) in [5, 5.41) is 0. The van der Waals surface area contributed by atoms with Gasteiger partial charge in [-0.1, -0.05) is 12.1 Å². The maximum Gasteiger partial charge on any atom is 0.416 e. The maximum atomic E-state index is 12.4. The van der Waals surface area contributed by atoms with E-state index in [1.807, 2.05) is 0 Å². The third kappa shape index (κ3) is 2.76. The first-order valence-electron chi connectivity index (χ1n) is 5.33. The molecule has 1 fully saturated rings. The lowest BCUT2D eigenvalue weighted by Gasteiger charge is -2.25. The monoisotopic (exact) mass is 230 g/mol. The zero-order valence-electron chi connectivity index (χ0n) is 8.76. The molecule has 0 unspecified atom stereocenters. The van der Waals surface area contributed by atoms with Gasteiger partial charge in [-0.2, -0.15) is 13.2 Å². The second-order valence-electron chi connectivity index (χ2n) is 4.06.